The summed E-state index contributed by atoms with van der Waals surface area (Å²) in [4.78, 5) is 31.2. The molecule has 1 fully saturated rings. The molecule has 1 unspecified atom stereocenters. The van der Waals surface area contributed by atoms with Gasteiger partial charge in [-0.25, -0.2) is 0 Å². The molecule has 1 aromatic heterocycles. The van der Waals surface area contributed by atoms with E-state index in [2.05, 4.69) is 15.3 Å². The molecule has 10 heteroatoms. The highest BCUT2D eigenvalue weighted by Crippen LogP contribution is 2.16. The molecule has 0 aromatic carbocycles. The average molecular weight is 437 g/mol. The van der Waals surface area contributed by atoms with E-state index >= 15 is 0 Å². The van der Waals surface area contributed by atoms with Crippen molar-refractivity contribution in [2.24, 2.45) is 7.05 Å². The van der Waals surface area contributed by atoms with E-state index in [0.29, 0.717) is 19.6 Å². The van der Waals surface area contributed by atoms with Crippen molar-refractivity contribution >= 4 is 36.6 Å². The minimum atomic E-state index is -0.382. The molecule has 0 spiro atoms. The van der Waals surface area contributed by atoms with E-state index in [1.807, 2.05) is 36.9 Å². The van der Waals surface area contributed by atoms with E-state index in [-0.39, 0.29) is 42.7 Å². The van der Waals surface area contributed by atoms with E-state index in [1.165, 1.54) is 0 Å². The predicted molar refractivity (Wildman–Crippen MR) is 115 cm³/mol. The fraction of sp³-hybridized carbons (Fsp3) is 0.722. The monoisotopic (exact) mass is 436 g/mol. The lowest BCUT2D eigenvalue weighted by molar-refractivity contribution is -0.133. The van der Waals surface area contributed by atoms with Crippen LogP contribution in [0.15, 0.2) is 12.4 Å². The van der Waals surface area contributed by atoms with Crippen molar-refractivity contribution in [3.05, 3.63) is 18.0 Å². The normalized spacial score (nSPS) is 15.8. The van der Waals surface area contributed by atoms with Gasteiger partial charge in [0.2, 0.25) is 11.8 Å². The lowest BCUT2D eigenvalue weighted by atomic mass is 10.1. The molecule has 1 atom stereocenters. The molecular weight excluding hydrogens is 403 g/mol. The van der Waals surface area contributed by atoms with Gasteiger partial charge >= 0.3 is 0 Å². The number of aromatic nitrogens is 2. The van der Waals surface area contributed by atoms with Gasteiger partial charge in [0.1, 0.15) is 6.04 Å². The Morgan fingerprint density at radius 2 is 1.86 bits per heavy atom. The molecule has 2 rings (SSSR count). The lowest BCUT2D eigenvalue weighted by Crippen LogP contribution is -2.43. The highest BCUT2D eigenvalue weighted by molar-refractivity contribution is 5.85. The van der Waals surface area contributed by atoms with E-state index in [4.69, 9.17) is 0 Å². The SMILES string of the molecule is CCN(CC)C(=O)CN1CCCN(C(=O)C(NC)c2cnn(C)c2)CC1.Cl.Cl. The number of hydrogen-bond donors (Lipinski definition) is 1. The summed E-state index contributed by atoms with van der Waals surface area (Å²) in [6.45, 7) is 8.83. The second-order valence-corrected chi connectivity index (χ2v) is 6.69. The van der Waals surface area contributed by atoms with Crippen molar-refractivity contribution in [2.75, 3.05) is 52.9 Å². The predicted octanol–water partition coefficient (Wildman–Crippen LogP) is 0.927. The second kappa shape index (κ2) is 13.0. The van der Waals surface area contributed by atoms with Crippen LogP contribution in [0.1, 0.15) is 31.9 Å². The maximum absolute atomic E-state index is 13.0. The van der Waals surface area contributed by atoms with Gasteiger partial charge in [-0.1, -0.05) is 0 Å². The zero-order chi connectivity index (χ0) is 19.1. The summed E-state index contributed by atoms with van der Waals surface area (Å²) < 4.78 is 1.70. The number of nitrogens with zero attached hydrogens (tertiary/aromatic N) is 5. The first kappa shape index (κ1) is 26.6. The molecule has 0 saturated carbocycles. The summed E-state index contributed by atoms with van der Waals surface area (Å²) >= 11 is 0. The van der Waals surface area contributed by atoms with Gasteiger partial charge in [0.25, 0.3) is 0 Å². The Balaban J connectivity index is 0.00000364. The first-order chi connectivity index (χ1) is 12.5. The fourth-order valence-corrected chi connectivity index (χ4v) is 3.42. The van der Waals surface area contributed by atoms with Crippen molar-refractivity contribution in [1.82, 2.24) is 29.8 Å². The van der Waals surface area contributed by atoms with Crippen LogP contribution in [0.2, 0.25) is 0 Å². The number of nitrogens with one attached hydrogen (secondary N) is 1. The van der Waals surface area contributed by atoms with Crippen LogP contribution in [0.5, 0.6) is 0 Å². The zero-order valence-corrected chi connectivity index (χ0v) is 18.9. The van der Waals surface area contributed by atoms with Crippen molar-refractivity contribution < 1.29 is 9.59 Å². The molecule has 2 amide bonds. The van der Waals surface area contributed by atoms with Crippen molar-refractivity contribution in [2.45, 2.75) is 26.3 Å². The maximum Gasteiger partial charge on any atom is 0.244 e. The first-order valence-electron chi connectivity index (χ1n) is 9.44. The summed E-state index contributed by atoms with van der Waals surface area (Å²) in [5.41, 5.74) is 0.873. The number of carbonyl (C=O) groups is 2. The molecule has 162 valence electrons. The van der Waals surface area contributed by atoms with Crippen LogP contribution in [0.3, 0.4) is 0 Å². The Kier molecular flexibility index (Phi) is 12.4. The molecule has 28 heavy (non-hydrogen) atoms. The number of rotatable bonds is 7. The molecule has 1 saturated heterocycles. The van der Waals surface area contributed by atoms with Crippen LogP contribution < -0.4 is 5.32 Å². The van der Waals surface area contributed by atoms with Gasteiger partial charge < -0.3 is 15.1 Å². The van der Waals surface area contributed by atoms with Crippen LogP contribution in [0.4, 0.5) is 0 Å². The minimum Gasteiger partial charge on any atom is -0.342 e. The molecule has 1 aliphatic rings. The highest BCUT2D eigenvalue weighted by Gasteiger charge is 2.28. The molecule has 1 aromatic rings. The number of aryl methyl sites for hydroxylation is 1. The standard InChI is InChI=1S/C18H32N6O2.2ClH/c1-5-23(6-2)16(25)14-22-8-7-9-24(11-10-22)18(26)17(19-3)15-12-20-21(4)13-15;;/h12-13,17,19H,5-11,14H2,1-4H3;2*1H. The average Bonchev–Trinajstić information content (AvgIpc) is 2.91. The van der Waals surface area contributed by atoms with Crippen LogP contribution in [0.25, 0.3) is 0 Å². The van der Waals surface area contributed by atoms with Crippen LogP contribution in [-0.2, 0) is 16.6 Å². The smallest absolute Gasteiger partial charge is 0.244 e. The molecular formula is C18H34Cl2N6O2. The summed E-state index contributed by atoms with van der Waals surface area (Å²) in [6, 6.07) is -0.382. The Morgan fingerprint density at radius 1 is 1.18 bits per heavy atom. The minimum absolute atomic E-state index is 0. The molecule has 1 aliphatic heterocycles. The van der Waals surface area contributed by atoms with Gasteiger partial charge in [0.05, 0.1) is 12.7 Å². The van der Waals surface area contributed by atoms with Crippen LogP contribution in [-0.4, -0.2) is 89.2 Å². The largest absolute Gasteiger partial charge is 0.342 e. The summed E-state index contributed by atoms with van der Waals surface area (Å²) in [6.07, 6.45) is 4.47. The second-order valence-electron chi connectivity index (χ2n) is 6.69. The summed E-state index contributed by atoms with van der Waals surface area (Å²) in [5.74, 6) is 0.232. The molecule has 0 bridgehead atoms. The van der Waals surface area contributed by atoms with Crippen LogP contribution in [0, 0.1) is 0 Å². The van der Waals surface area contributed by atoms with Gasteiger partial charge in [-0.3, -0.25) is 19.2 Å². The number of halogens is 2. The van der Waals surface area contributed by atoms with Gasteiger partial charge in [-0.15, -0.1) is 24.8 Å². The lowest BCUT2D eigenvalue weighted by Gasteiger charge is -2.26. The van der Waals surface area contributed by atoms with Gasteiger partial charge in [0, 0.05) is 58.1 Å². The van der Waals surface area contributed by atoms with Gasteiger partial charge in [-0.05, 0) is 27.3 Å². The summed E-state index contributed by atoms with van der Waals surface area (Å²) in [5, 5.41) is 7.27. The van der Waals surface area contributed by atoms with E-state index in [0.717, 1.165) is 38.2 Å². The van der Waals surface area contributed by atoms with E-state index in [9.17, 15) is 9.59 Å². The quantitative estimate of drug-likeness (QED) is 0.687. The number of hydrogen-bond acceptors (Lipinski definition) is 5. The molecule has 8 nitrogen and oxygen atoms in total. The van der Waals surface area contributed by atoms with Crippen molar-refractivity contribution in [1.29, 1.82) is 0 Å². The topological polar surface area (TPSA) is 73.7 Å². The Bertz CT molecular complexity index is 609. The molecule has 0 radical (unpaired) electrons. The first-order valence-corrected chi connectivity index (χ1v) is 9.44. The van der Waals surface area contributed by atoms with Crippen LogP contribution >= 0.6 is 24.8 Å². The van der Waals surface area contributed by atoms with Gasteiger partial charge in [0.15, 0.2) is 0 Å². The van der Waals surface area contributed by atoms with Crippen molar-refractivity contribution in [3.8, 4) is 0 Å². The van der Waals surface area contributed by atoms with E-state index < -0.39 is 0 Å². The Labute approximate surface area is 180 Å². The number of carbonyl (C=O) groups excluding carboxylic acids is 2. The Hall–Kier alpha value is -1.35. The highest BCUT2D eigenvalue weighted by atomic mass is 35.5. The third-order valence-electron chi connectivity index (χ3n) is 4.97. The maximum atomic E-state index is 13.0. The Morgan fingerprint density at radius 3 is 2.39 bits per heavy atom. The zero-order valence-electron chi connectivity index (χ0n) is 17.3. The number of amides is 2. The third-order valence-corrected chi connectivity index (χ3v) is 4.97. The molecule has 1 N–H and O–H groups in total. The fourth-order valence-electron chi connectivity index (χ4n) is 3.42. The number of likely N-dealkylation sites (N-methyl/N-ethyl adjacent to an activating group) is 2. The van der Waals surface area contributed by atoms with Crippen molar-refractivity contribution in [3.63, 3.8) is 0 Å². The van der Waals surface area contributed by atoms with E-state index in [1.54, 1.807) is 17.9 Å². The van der Waals surface area contributed by atoms with Gasteiger partial charge in [-0.2, -0.15) is 5.10 Å². The molecule has 2 heterocycles. The molecule has 0 aliphatic carbocycles. The summed E-state index contributed by atoms with van der Waals surface area (Å²) in [7, 11) is 3.64. The third kappa shape index (κ3) is 6.92.